The summed E-state index contributed by atoms with van der Waals surface area (Å²) >= 11 is 0. The highest BCUT2D eigenvalue weighted by atomic mass is 19.4. The van der Waals surface area contributed by atoms with Crippen molar-refractivity contribution in [1.29, 1.82) is 0 Å². The van der Waals surface area contributed by atoms with Crippen LogP contribution in [-0.4, -0.2) is 30.7 Å². The van der Waals surface area contributed by atoms with E-state index < -0.39 is 34.8 Å². The molecular weight excluding hydrogens is 481 g/mol. The van der Waals surface area contributed by atoms with E-state index in [1.807, 2.05) is 0 Å². The first kappa shape index (κ1) is 22.7. The summed E-state index contributed by atoms with van der Waals surface area (Å²) in [5.41, 5.74) is 5.08. The first-order valence-corrected chi connectivity index (χ1v) is 11.4. The number of hydrogen-bond donors (Lipinski definition) is 1. The Morgan fingerprint density at radius 1 is 1.14 bits per heavy atom. The first-order valence-electron chi connectivity index (χ1n) is 11.4. The number of hydrogen-bond acceptors (Lipinski definition) is 4. The molecule has 36 heavy (non-hydrogen) atoms. The van der Waals surface area contributed by atoms with Gasteiger partial charge in [0.25, 0.3) is 5.91 Å². The summed E-state index contributed by atoms with van der Waals surface area (Å²) < 4.78 is 70.7. The van der Waals surface area contributed by atoms with E-state index in [9.17, 15) is 22.4 Å². The van der Waals surface area contributed by atoms with Crippen LogP contribution in [0.25, 0.3) is 16.6 Å². The molecule has 1 amide bonds. The third kappa shape index (κ3) is 3.40. The van der Waals surface area contributed by atoms with Crippen molar-refractivity contribution < 1.29 is 26.7 Å². The Bertz CT molecular complexity index is 1530. The fourth-order valence-electron chi connectivity index (χ4n) is 5.74. The number of alkyl halides is 3. The molecule has 7 rings (SSSR count). The minimum atomic E-state index is -4.69. The van der Waals surface area contributed by atoms with Gasteiger partial charge in [-0.3, -0.25) is 9.20 Å². The van der Waals surface area contributed by atoms with Gasteiger partial charge in [-0.1, -0.05) is 6.07 Å². The monoisotopic (exact) mass is 501 g/mol. The molecule has 0 unspecified atom stereocenters. The average molecular weight is 501 g/mol. The number of rotatable bonds is 4. The maximum absolute atomic E-state index is 15.3. The lowest BCUT2D eigenvalue weighted by Gasteiger charge is -2.48. The standard InChI is InChI=1S/C25H20F5N5O/c26-17-5-15(25(28,29)30)2-1-14(17)11-35(24-4-3-13(8-24)9-24)23(36)16-6-20-19(7-18(16)27)33-22(31)21-10-32-12-34(20)21/h1-2,5-7,10,12-13H,3-4,8-9,11H2,(H2,31,33). The number of carbonyl (C=O) groups is 1. The lowest BCUT2D eigenvalue weighted by Crippen LogP contribution is -2.54. The number of aromatic nitrogens is 3. The van der Waals surface area contributed by atoms with Crippen molar-refractivity contribution in [2.75, 3.05) is 5.73 Å². The maximum Gasteiger partial charge on any atom is 0.416 e. The van der Waals surface area contributed by atoms with Gasteiger partial charge in [-0.2, -0.15) is 13.2 Å². The zero-order valence-electron chi connectivity index (χ0n) is 18.8. The molecule has 2 bridgehead atoms. The number of imidazole rings is 1. The van der Waals surface area contributed by atoms with Crippen molar-refractivity contribution in [2.45, 2.75) is 43.9 Å². The zero-order valence-corrected chi connectivity index (χ0v) is 18.8. The van der Waals surface area contributed by atoms with E-state index in [0.29, 0.717) is 42.3 Å². The van der Waals surface area contributed by atoms with Crippen LogP contribution >= 0.6 is 0 Å². The van der Waals surface area contributed by atoms with Gasteiger partial charge in [-0.05, 0) is 49.8 Å². The van der Waals surface area contributed by atoms with Gasteiger partial charge in [0, 0.05) is 23.7 Å². The van der Waals surface area contributed by atoms with E-state index in [1.165, 1.54) is 23.5 Å². The SMILES string of the molecule is Nc1nc2cc(F)c(C(=O)N(Cc3ccc(C(F)(F)F)cc3F)C34CCC(C3)C4)cc2n2cncc12. The highest BCUT2D eigenvalue weighted by molar-refractivity contribution is 5.99. The number of nitrogens with zero attached hydrogens (tertiary/aromatic N) is 4. The summed E-state index contributed by atoms with van der Waals surface area (Å²) in [6, 6.07) is 4.74. The summed E-state index contributed by atoms with van der Waals surface area (Å²) in [5, 5.41) is 0. The van der Waals surface area contributed by atoms with Crippen LogP contribution in [0.2, 0.25) is 0 Å². The lowest BCUT2D eigenvalue weighted by atomic mass is 9.75. The van der Waals surface area contributed by atoms with Crippen LogP contribution in [-0.2, 0) is 12.7 Å². The van der Waals surface area contributed by atoms with E-state index in [2.05, 4.69) is 9.97 Å². The summed E-state index contributed by atoms with van der Waals surface area (Å²) in [5.74, 6) is -1.95. The van der Waals surface area contributed by atoms with E-state index >= 15 is 4.39 Å². The highest BCUT2D eigenvalue weighted by Gasteiger charge is 2.55. The largest absolute Gasteiger partial charge is 0.416 e. The minimum Gasteiger partial charge on any atom is -0.382 e. The molecule has 3 fully saturated rings. The Morgan fingerprint density at radius 2 is 1.92 bits per heavy atom. The number of nitrogens with two attached hydrogens (primary N) is 1. The van der Waals surface area contributed by atoms with Gasteiger partial charge in [0.05, 0.1) is 34.7 Å². The van der Waals surface area contributed by atoms with E-state index in [0.717, 1.165) is 24.6 Å². The molecule has 2 aromatic heterocycles. The van der Waals surface area contributed by atoms with E-state index in [1.54, 1.807) is 4.40 Å². The topological polar surface area (TPSA) is 76.5 Å². The maximum atomic E-state index is 15.3. The fourth-order valence-corrected chi connectivity index (χ4v) is 5.74. The smallest absolute Gasteiger partial charge is 0.382 e. The first-order chi connectivity index (χ1) is 17.1. The Morgan fingerprint density at radius 3 is 2.58 bits per heavy atom. The molecule has 0 aliphatic heterocycles. The van der Waals surface area contributed by atoms with Crippen molar-refractivity contribution in [3.63, 3.8) is 0 Å². The Hall–Kier alpha value is -3.76. The van der Waals surface area contributed by atoms with Crippen LogP contribution < -0.4 is 5.73 Å². The number of carbonyl (C=O) groups excluding carboxylic acids is 1. The third-order valence-electron chi connectivity index (χ3n) is 7.58. The van der Waals surface area contributed by atoms with Gasteiger partial charge in [-0.25, -0.2) is 18.7 Å². The Labute approximate surface area is 201 Å². The van der Waals surface area contributed by atoms with Crippen LogP contribution in [0.3, 0.4) is 0 Å². The molecule has 0 atom stereocenters. The van der Waals surface area contributed by atoms with Gasteiger partial charge in [0.1, 0.15) is 23.0 Å². The number of halogens is 5. The summed E-state index contributed by atoms with van der Waals surface area (Å²) in [6.45, 7) is -0.270. The molecule has 0 saturated heterocycles. The summed E-state index contributed by atoms with van der Waals surface area (Å²) in [6.07, 6.45) is 1.23. The quantitative estimate of drug-likeness (QED) is 0.383. The van der Waals surface area contributed by atoms with Gasteiger partial charge in [-0.15, -0.1) is 0 Å². The average Bonchev–Trinajstić information content (AvgIpc) is 3.53. The summed E-state index contributed by atoms with van der Waals surface area (Å²) in [7, 11) is 0. The van der Waals surface area contributed by atoms with Gasteiger partial charge < -0.3 is 10.6 Å². The zero-order chi connectivity index (χ0) is 25.4. The number of fused-ring (bicyclic) bond motifs is 4. The van der Waals surface area contributed by atoms with Gasteiger partial charge in [0.2, 0.25) is 0 Å². The minimum absolute atomic E-state index is 0.0614. The van der Waals surface area contributed by atoms with Gasteiger partial charge in [0.15, 0.2) is 0 Å². The fraction of sp³-hybridized carbons (Fsp3) is 0.320. The molecule has 4 aromatic rings. The predicted molar refractivity (Wildman–Crippen MR) is 121 cm³/mol. The molecular formula is C25H20F5N5O. The highest BCUT2D eigenvalue weighted by Crippen LogP contribution is 2.56. The van der Waals surface area contributed by atoms with Crippen LogP contribution in [0.15, 0.2) is 42.9 Å². The van der Waals surface area contributed by atoms with Crippen LogP contribution in [0.4, 0.5) is 27.8 Å². The van der Waals surface area contributed by atoms with Crippen LogP contribution in [0.1, 0.15) is 47.2 Å². The molecule has 3 aliphatic carbocycles. The van der Waals surface area contributed by atoms with Gasteiger partial charge >= 0.3 is 6.18 Å². The Balaban J connectivity index is 1.43. The molecule has 2 aromatic carbocycles. The molecule has 3 aliphatic rings. The molecule has 2 heterocycles. The van der Waals surface area contributed by atoms with Crippen molar-refractivity contribution in [2.24, 2.45) is 5.92 Å². The molecule has 0 radical (unpaired) electrons. The molecule has 11 heteroatoms. The Kier molecular flexibility index (Phi) is 4.80. The van der Waals surface area contributed by atoms with Crippen molar-refractivity contribution in [1.82, 2.24) is 19.3 Å². The molecule has 0 spiro atoms. The van der Waals surface area contributed by atoms with Crippen LogP contribution in [0, 0.1) is 17.6 Å². The van der Waals surface area contributed by atoms with E-state index in [-0.39, 0.29) is 29.0 Å². The summed E-state index contributed by atoms with van der Waals surface area (Å²) in [4.78, 5) is 23.5. The predicted octanol–water partition coefficient (Wildman–Crippen LogP) is 5.35. The number of nitrogen functional groups attached to an aromatic ring is 1. The number of amides is 1. The molecule has 3 saturated carbocycles. The van der Waals surface area contributed by atoms with Crippen LogP contribution in [0.5, 0.6) is 0 Å². The molecule has 6 nitrogen and oxygen atoms in total. The second-order valence-electron chi connectivity index (χ2n) is 9.70. The number of anilines is 1. The molecule has 186 valence electrons. The third-order valence-corrected chi connectivity index (χ3v) is 7.58. The second-order valence-corrected chi connectivity index (χ2v) is 9.70. The van der Waals surface area contributed by atoms with E-state index in [4.69, 9.17) is 5.73 Å². The van der Waals surface area contributed by atoms with Crippen molar-refractivity contribution in [3.05, 3.63) is 71.2 Å². The molecule has 2 N–H and O–H groups in total. The van der Waals surface area contributed by atoms with Crippen molar-refractivity contribution in [3.8, 4) is 0 Å². The number of benzene rings is 2. The second kappa shape index (κ2) is 7.62. The normalized spacial score (nSPS) is 21.2. The van der Waals surface area contributed by atoms with Crippen molar-refractivity contribution >= 4 is 28.3 Å². The lowest BCUT2D eigenvalue weighted by molar-refractivity contribution is -0.137.